The Bertz CT molecular complexity index is 2950. The fourth-order valence-electron chi connectivity index (χ4n) is 9.80. The summed E-state index contributed by atoms with van der Waals surface area (Å²) in [6.07, 6.45) is -1.45. The summed E-state index contributed by atoms with van der Waals surface area (Å²) in [5.41, 5.74) is 5.66. The molecule has 2 fully saturated rings. The Morgan fingerprint density at radius 3 is 1.21 bits per heavy atom. The van der Waals surface area contributed by atoms with Gasteiger partial charge in [-0.25, -0.2) is 26.4 Å². The highest BCUT2D eigenvalue weighted by atomic mass is 32.2. The van der Waals surface area contributed by atoms with Crippen LogP contribution in [0.5, 0.6) is 11.5 Å². The van der Waals surface area contributed by atoms with E-state index in [9.17, 15) is 31.7 Å². The van der Waals surface area contributed by atoms with Crippen molar-refractivity contribution in [3.05, 3.63) is 119 Å². The lowest BCUT2D eigenvalue weighted by Crippen LogP contribution is -2.52. The number of carbonyl (C=O) groups is 2. The lowest BCUT2D eigenvalue weighted by Gasteiger charge is -2.35. The van der Waals surface area contributed by atoms with Gasteiger partial charge in [-0.2, -0.15) is 13.9 Å². The second-order valence-corrected chi connectivity index (χ2v) is 27.9. The predicted octanol–water partition coefficient (Wildman–Crippen LogP) is 9.98. The Kier molecular flexibility index (Phi) is 21.5. The lowest BCUT2D eigenvalue weighted by atomic mass is 9.99. The van der Waals surface area contributed by atoms with Gasteiger partial charge in [0.25, 0.3) is 0 Å². The van der Waals surface area contributed by atoms with Crippen molar-refractivity contribution in [2.24, 2.45) is 17.6 Å². The van der Waals surface area contributed by atoms with Crippen LogP contribution < -0.4 is 15.2 Å². The van der Waals surface area contributed by atoms with Crippen molar-refractivity contribution in [3.63, 3.8) is 0 Å². The van der Waals surface area contributed by atoms with E-state index in [1.807, 2.05) is 98.7 Å². The molecule has 2 heterocycles. The van der Waals surface area contributed by atoms with Crippen LogP contribution in [0.4, 0.5) is 9.59 Å². The topological polar surface area (TPSA) is 221 Å². The van der Waals surface area contributed by atoms with Crippen molar-refractivity contribution in [2.75, 3.05) is 40.4 Å². The molecule has 0 radical (unpaired) electrons. The minimum absolute atomic E-state index is 0.0379. The highest BCUT2D eigenvalue weighted by Gasteiger charge is 2.54. The molecular weight excluding hydrogens is 1060 g/mol. The Balaban J connectivity index is 0.000000294. The van der Waals surface area contributed by atoms with Crippen molar-refractivity contribution in [3.8, 4) is 17.6 Å². The molecule has 4 aromatic rings. The maximum Gasteiger partial charge on any atom is 0.412 e. The van der Waals surface area contributed by atoms with Crippen molar-refractivity contribution < 1.29 is 54.8 Å². The zero-order chi connectivity index (χ0) is 59.8. The summed E-state index contributed by atoms with van der Waals surface area (Å²) in [5.74, 6) is 1.24. The summed E-state index contributed by atoms with van der Waals surface area (Å²) in [5, 5.41) is 9.21. The van der Waals surface area contributed by atoms with Gasteiger partial charge < -0.3 is 34.2 Å². The number of nitrogens with two attached hydrogens (primary N) is 1. The molecule has 4 atom stereocenters. The number of benzene rings is 4. The Hall–Kier alpha value is -5.79. The summed E-state index contributed by atoms with van der Waals surface area (Å²) in [7, 11) is -4.70. The molecule has 2 saturated heterocycles. The van der Waals surface area contributed by atoms with Crippen molar-refractivity contribution >= 4 is 32.2 Å². The molecule has 18 nitrogen and oxygen atoms in total. The maximum absolute atomic E-state index is 13.9. The first kappa shape index (κ1) is 65.0. The monoisotopic (exact) mass is 1150 g/mol. The summed E-state index contributed by atoms with van der Waals surface area (Å²) in [6.45, 7) is 27.0. The molecule has 2 amide bonds. The third-order valence-corrected chi connectivity index (χ3v) is 17.0. The minimum Gasteiger partial charge on any atom is -0.497 e. The van der Waals surface area contributed by atoms with E-state index in [2.05, 4.69) is 6.07 Å². The number of nitrogens with zero attached hydrogens (tertiary/aromatic N) is 5. The number of methoxy groups -OCH3 is 2. The molecule has 0 spiro atoms. The first-order valence-electron chi connectivity index (χ1n) is 27.1. The fraction of sp³-hybridized carbons (Fsp3) is 0.550. The first-order valence-corrected chi connectivity index (χ1v) is 30.0. The van der Waals surface area contributed by atoms with Crippen LogP contribution in [0.25, 0.3) is 0 Å². The van der Waals surface area contributed by atoms with E-state index in [1.165, 1.54) is 35.0 Å². The highest BCUT2D eigenvalue weighted by molar-refractivity contribution is 7.89. The van der Waals surface area contributed by atoms with E-state index in [1.54, 1.807) is 92.9 Å². The van der Waals surface area contributed by atoms with Crippen LogP contribution in [-0.4, -0.2) is 135 Å². The van der Waals surface area contributed by atoms with Gasteiger partial charge in [-0.3, -0.25) is 9.80 Å². The Morgan fingerprint density at radius 1 is 0.600 bits per heavy atom. The van der Waals surface area contributed by atoms with Crippen LogP contribution in [0.15, 0.2) is 107 Å². The molecule has 20 heteroatoms. The average molecular weight is 1150 g/mol. The van der Waals surface area contributed by atoms with Gasteiger partial charge in [0.1, 0.15) is 34.2 Å². The molecule has 0 saturated carbocycles. The van der Waals surface area contributed by atoms with E-state index in [4.69, 9.17) is 34.2 Å². The summed E-state index contributed by atoms with van der Waals surface area (Å²) >= 11 is 0. The van der Waals surface area contributed by atoms with E-state index >= 15 is 0 Å². The molecule has 0 aromatic heterocycles. The second-order valence-electron chi connectivity index (χ2n) is 24.1. The number of sulfonamides is 2. The van der Waals surface area contributed by atoms with Gasteiger partial charge in [0.2, 0.25) is 20.0 Å². The van der Waals surface area contributed by atoms with Gasteiger partial charge in [0.15, 0.2) is 0 Å². The average Bonchev–Trinajstić information content (AvgIpc) is 3.77. The summed E-state index contributed by atoms with van der Waals surface area (Å²) < 4.78 is 93.2. The van der Waals surface area contributed by atoms with Gasteiger partial charge in [-0.15, -0.1) is 0 Å². The molecule has 2 aliphatic heterocycles. The first-order chi connectivity index (χ1) is 37.1. The van der Waals surface area contributed by atoms with Gasteiger partial charge in [-0.1, -0.05) is 64.1 Å². The number of hydrogen-bond donors (Lipinski definition) is 1. The van der Waals surface area contributed by atoms with Gasteiger partial charge in [0.05, 0.1) is 59.9 Å². The van der Waals surface area contributed by atoms with Crippen LogP contribution in [0.3, 0.4) is 0 Å². The van der Waals surface area contributed by atoms with Crippen LogP contribution in [0.1, 0.15) is 119 Å². The number of amides is 2. The third kappa shape index (κ3) is 17.1. The zero-order valence-corrected chi connectivity index (χ0v) is 51.3. The van der Waals surface area contributed by atoms with Crippen LogP contribution in [-0.2, 0) is 58.4 Å². The Morgan fingerprint density at radius 2 is 0.925 bits per heavy atom. The SMILES string of the molecule is COc1ccc(S(=O)(=O)N(CC(C)C)C[C@H]2OC(C)(C)N(C(=O)OC(C)(C)C)[C@H]2Cc2ccc(C#N)cc2)cc1.COc1ccc(S(=O)(=O)N(CC(C)C)C[C@H]2OC(C)(C)N(C(=O)OC(C)(C)C)[C@H]2Cc2ccc(CN)cc2)cc1. The van der Waals surface area contributed by atoms with E-state index < -0.39 is 79.2 Å². The number of rotatable bonds is 19. The molecule has 2 N–H and O–H groups in total. The number of nitriles is 1. The smallest absolute Gasteiger partial charge is 0.412 e. The van der Waals surface area contributed by atoms with Crippen molar-refractivity contribution in [1.82, 2.24) is 18.4 Å². The summed E-state index contributed by atoms with van der Waals surface area (Å²) in [4.78, 5) is 30.6. The quantitative estimate of drug-likeness (QED) is 0.0924. The standard InChI is InChI=1S/C30H45N3O6S.C30H41N3O6S/c2*1-21(2)19-32(40(35,36)25-15-13-24(37-8)14-16-25)20-27-26(17-22-9-11-23(18-31)12-10-22)33(30(6,7)38-27)28(34)39-29(3,4)5/h9-16,21,26-27H,17-20,31H2,1-8H3;9-16,21,26-27H,17,19-20H2,1-8H3/t2*26-,27+/m00/s1. The van der Waals surface area contributed by atoms with Crippen LogP contribution >= 0.6 is 0 Å². The fourth-order valence-corrected chi connectivity index (χ4v) is 13.0. The van der Waals surface area contributed by atoms with Crippen molar-refractivity contribution in [2.45, 2.75) is 173 Å². The molecule has 0 aliphatic carbocycles. The molecule has 0 unspecified atom stereocenters. The zero-order valence-electron chi connectivity index (χ0n) is 49.7. The summed E-state index contributed by atoms with van der Waals surface area (Å²) in [6, 6.07) is 28.8. The normalized spacial score (nSPS) is 19.2. The second kappa shape index (κ2) is 26.4. The number of hydrogen-bond acceptors (Lipinski definition) is 14. The lowest BCUT2D eigenvalue weighted by molar-refractivity contribution is -0.0816. The molecule has 440 valence electrons. The molecule has 6 rings (SSSR count). The maximum atomic E-state index is 13.9. The molecule has 0 bridgehead atoms. The largest absolute Gasteiger partial charge is 0.497 e. The van der Waals surface area contributed by atoms with Gasteiger partial charge in [-0.05, 0) is 171 Å². The molecule has 80 heavy (non-hydrogen) atoms. The third-order valence-electron chi connectivity index (χ3n) is 13.3. The van der Waals surface area contributed by atoms with Crippen molar-refractivity contribution in [1.29, 1.82) is 5.26 Å². The van der Waals surface area contributed by atoms with E-state index in [0.717, 1.165) is 16.7 Å². The predicted molar refractivity (Wildman–Crippen MR) is 308 cm³/mol. The molecule has 4 aromatic carbocycles. The van der Waals surface area contributed by atoms with Crippen LogP contribution in [0, 0.1) is 23.2 Å². The minimum atomic E-state index is -3.89. The van der Waals surface area contributed by atoms with Crippen LogP contribution in [0.2, 0.25) is 0 Å². The Labute approximate surface area is 476 Å². The van der Waals surface area contributed by atoms with Gasteiger partial charge >= 0.3 is 12.2 Å². The molecule has 2 aliphatic rings. The van der Waals surface area contributed by atoms with E-state index in [0.29, 0.717) is 43.0 Å². The van der Waals surface area contributed by atoms with Gasteiger partial charge in [0, 0.05) is 32.7 Å². The van der Waals surface area contributed by atoms with E-state index in [-0.39, 0.29) is 41.3 Å². The number of carbonyl (C=O) groups excluding carboxylic acids is 2. The highest BCUT2D eigenvalue weighted by Crippen LogP contribution is 2.39. The number of ether oxygens (including phenoxy) is 6. The molecular formula is C60H86N6O12S2.